The predicted molar refractivity (Wildman–Crippen MR) is 37.3 cm³/mol. The van der Waals surface area contributed by atoms with Crippen molar-refractivity contribution in [3.05, 3.63) is 0 Å². The molecule has 0 amide bonds. The van der Waals surface area contributed by atoms with Gasteiger partial charge in [-0.1, -0.05) is 0 Å². The van der Waals surface area contributed by atoms with E-state index in [1.54, 1.807) is 0 Å². The molecule has 0 heterocycles. The van der Waals surface area contributed by atoms with Crippen molar-refractivity contribution in [3.63, 3.8) is 0 Å². The molecule has 0 spiro atoms. The quantitative estimate of drug-likeness (QED) is 0.205. The molecule has 0 aliphatic rings. The van der Waals surface area contributed by atoms with E-state index in [4.69, 9.17) is 40.7 Å². The van der Waals surface area contributed by atoms with E-state index in [1.807, 2.05) is 0 Å². The summed E-state index contributed by atoms with van der Waals surface area (Å²) in [7, 11) is 0. The third kappa shape index (κ3) is 417. The first kappa shape index (κ1) is 43.9. The van der Waals surface area contributed by atoms with Crippen molar-refractivity contribution in [2.45, 2.75) is 0 Å². The van der Waals surface area contributed by atoms with Gasteiger partial charge in [-0.2, -0.15) is 0 Å². The molecule has 0 bridgehead atoms. The SMILES string of the molecule is [O]=[Mo](=[O])([O-])[O-].[O]=[Sb]([O-])([O-])[O-].[O]=[Sb]([O-])([O-])[O-].[Pb+2].[Pb+2].[Pb+2].[Pb+2]. The van der Waals surface area contributed by atoms with Crippen LogP contribution in [0.5, 0.6) is 0 Å². The minimum atomic E-state index is -6.10. The largest absolute Gasteiger partial charge is 2.00 e. The summed E-state index contributed by atoms with van der Waals surface area (Å²) in [5.41, 5.74) is 0. The van der Waals surface area contributed by atoms with Crippen LogP contribution >= 0.6 is 0 Å². The van der Waals surface area contributed by atoms with Gasteiger partial charge in [-0.3, -0.25) is 0 Å². The van der Waals surface area contributed by atoms with Crippen molar-refractivity contribution in [2.75, 3.05) is 0 Å². The Kier molecular flexibility index (Phi) is 48.4. The molecule has 0 rings (SSSR count). The standard InChI is InChI=1S/Mo.12O.4Pb.2Sb/q;;;;;8*-1;4*+2;;. The van der Waals surface area contributed by atoms with E-state index in [0.29, 0.717) is 0 Å². The summed E-state index contributed by atoms with van der Waals surface area (Å²) < 4.78 is 104. The Morgan fingerprint density at radius 1 is 0.579 bits per heavy atom. The summed E-state index contributed by atoms with van der Waals surface area (Å²) in [6.45, 7) is 0. The van der Waals surface area contributed by atoms with E-state index in [9.17, 15) is 0 Å². The fourth-order valence-electron chi connectivity index (χ4n) is 0. The first-order valence-electron chi connectivity index (χ1n) is 2.13. The van der Waals surface area contributed by atoms with Crippen molar-refractivity contribution < 1.29 is 57.4 Å². The van der Waals surface area contributed by atoms with Crippen LogP contribution < -0.4 is 27.8 Å². The van der Waals surface area contributed by atoms with Gasteiger partial charge in [-0.05, 0) is 0 Å². The zero-order valence-electron chi connectivity index (χ0n) is 8.20. The molecule has 0 atom stereocenters. The van der Waals surface area contributed by atoms with Crippen LogP contribution in [0.15, 0.2) is 0 Å². The average molecular weight is 1360 g/mol. The van der Waals surface area contributed by atoms with Gasteiger partial charge in [0.2, 0.25) is 0 Å². The average Bonchev–Trinajstić information content (AvgIpc) is 1.41. The van der Waals surface area contributed by atoms with Gasteiger partial charge in [0.1, 0.15) is 0 Å². The fraction of sp³-hybridized carbons (Fsp3) is 0. The first-order valence-corrected chi connectivity index (χ1v) is 13.7. The first-order chi connectivity index (χ1) is 6.00. The maximum absolute atomic E-state index is 8.64. The van der Waals surface area contributed by atoms with Crippen LogP contribution in [0.4, 0.5) is 0 Å². The number of rotatable bonds is 0. The number of hydrogen-bond donors (Lipinski definition) is 0. The second kappa shape index (κ2) is 20.9. The monoisotopic (exact) mass is 1360 g/mol. The second-order valence-electron chi connectivity index (χ2n) is 1.30. The van der Waals surface area contributed by atoms with Gasteiger partial charge in [0.05, 0.1) is 0 Å². The van der Waals surface area contributed by atoms with Crippen LogP contribution in [0.1, 0.15) is 0 Å². The third-order valence-corrected chi connectivity index (χ3v) is 0. The number of hydrogen-bond acceptors (Lipinski definition) is 12. The molecule has 0 unspecified atom stereocenters. The van der Waals surface area contributed by atoms with Crippen molar-refractivity contribution in [2.24, 2.45) is 0 Å². The van der Waals surface area contributed by atoms with E-state index >= 15 is 0 Å². The Balaban J connectivity index is -0.0000000206. The summed E-state index contributed by atoms with van der Waals surface area (Å²) in [4.78, 5) is 0. The van der Waals surface area contributed by atoms with E-state index in [2.05, 4.69) is 0 Å². The molecule has 8 radical (unpaired) electrons. The van der Waals surface area contributed by atoms with Crippen LogP contribution in [-0.4, -0.2) is 149 Å². The molecule has 0 aliphatic heterocycles. The van der Waals surface area contributed by atoms with E-state index < -0.39 is 56.9 Å². The van der Waals surface area contributed by atoms with Crippen molar-refractivity contribution in [1.29, 1.82) is 0 Å². The molecule has 0 saturated heterocycles. The summed E-state index contributed by atoms with van der Waals surface area (Å²) in [6.07, 6.45) is 0. The normalized spacial score (nSPS) is 9.26. The molecule has 0 aromatic carbocycles. The maximum atomic E-state index is 8.64. The fourth-order valence-corrected chi connectivity index (χ4v) is 0. The minimum absolute atomic E-state index is 0. The van der Waals surface area contributed by atoms with E-state index in [-0.39, 0.29) is 109 Å². The molecular weight excluding hydrogens is 1360 g/mol. The van der Waals surface area contributed by atoms with Gasteiger partial charge in [-0.25, -0.2) is 0 Å². The minimum Gasteiger partial charge on any atom is 2.00 e. The Hall–Kier alpha value is 4.89. The summed E-state index contributed by atoms with van der Waals surface area (Å²) in [5.74, 6) is 0. The van der Waals surface area contributed by atoms with Crippen molar-refractivity contribution in [1.82, 2.24) is 0 Å². The third-order valence-electron chi connectivity index (χ3n) is 0. The second-order valence-corrected chi connectivity index (χ2v) is 8.42. The van der Waals surface area contributed by atoms with Gasteiger partial charge in [-0.15, -0.1) is 0 Å². The van der Waals surface area contributed by atoms with Crippen LogP contribution in [0, 0.1) is 0 Å². The van der Waals surface area contributed by atoms with Gasteiger partial charge in [0, 0.05) is 0 Å². The van der Waals surface area contributed by atoms with Gasteiger partial charge in [0.15, 0.2) is 0 Å². The van der Waals surface area contributed by atoms with Crippen molar-refractivity contribution in [3.8, 4) is 0 Å². The Labute approximate surface area is 202 Å². The molecule has 12 nitrogen and oxygen atoms in total. The van der Waals surface area contributed by atoms with Gasteiger partial charge >= 0.3 is 207 Å². The molecule has 19 heavy (non-hydrogen) atoms. The van der Waals surface area contributed by atoms with Crippen LogP contribution in [0.2, 0.25) is 0 Å². The molecule has 0 N–H and O–H groups in total. The Bertz CT molecular complexity index is 292. The van der Waals surface area contributed by atoms with E-state index in [1.165, 1.54) is 0 Å². The Morgan fingerprint density at radius 2 is 0.579 bits per heavy atom. The smallest absolute Gasteiger partial charge is 2.00 e. The topological polar surface area (TPSA) is 253 Å². The molecule has 0 fully saturated rings. The molecule has 0 aromatic rings. The molecule has 0 saturated carbocycles. The van der Waals surface area contributed by atoms with Gasteiger partial charge < -0.3 is 0 Å². The zero-order valence-corrected chi connectivity index (χ0v) is 30.9. The molecule has 19 heteroatoms. The van der Waals surface area contributed by atoms with Gasteiger partial charge in [0.25, 0.3) is 0 Å². The summed E-state index contributed by atoms with van der Waals surface area (Å²) >= 11 is -18.2. The summed E-state index contributed by atoms with van der Waals surface area (Å²) in [6, 6.07) is 0. The van der Waals surface area contributed by atoms with Crippen LogP contribution in [0.3, 0.4) is 0 Å². The van der Waals surface area contributed by atoms with E-state index in [0.717, 1.165) is 0 Å². The molecular formula is MoO12Pb4Sb2. The molecule has 0 aliphatic carbocycles. The Morgan fingerprint density at radius 3 is 0.579 bits per heavy atom. The molecule has 0 aromatic heterocycles. The van der Waals surface area contributed by atoms with Crippen LogP contribution in [0.25, 0.3) is 0 Å². The zero-order chi connectivity index (χ0) is 13.5. The summed E-state index contributed by atoms with van der Waals surface area (Å²) in [5, 5.41) is 0. The molecule has 104 valence electrons. The van der Waals surface area contributed by atoms with Crippen molar-refractivity contribution >= 4 is 149 Å². The van der Waals surface area contributed by atoms with Crippen LogP contribution in [-0.2, 0) is 29.6 Å². The maximum Gasteiger partial charge on any atom is 2.00 e. The predicted octanol–water partition coefficient (Wildman–Crippen LogP) is -12.3.